The molecule has 0 aliphatic heterocycles. The van der Waals surface area contributed by atoms with Crippen LogP contribution in [0.1, 0.15) is 43.5 Å². The molecule has 3 rings (SSSR count). The van der Waals surface area contributed by atoms with E-state index in [1.807, 2.05) is 0 Å². The van der Waals surface area contributed by atoms with E-state index in [1.165, 1.54) is 18.9 Å². The van der Waals surface area contributed by atoms with Gasteiger partial charge in [-0.25, -0.2) is 4.79 Å². The molecule has 0 atom stereocenters. The molecule has 0 bridgehead atoms. The summed E-state index contributed by atoms with van der Waals surface area (Å²) in [5, 5.41) is -0.0735. The minimum absolute atomic E-state index is 0.0735. The number of nitrogens with zero attached hydrogens (tertiary/aromatic N) is 1. The van der Waals surface area contributed by atoms with Crippen molar-refractivity contribution in [2.24, 2.45) is 5.92 Å². The van der Waals surface area contributed by atoms with Gasteiger partial charge >= 0.3 is 11.8 Å². The molecule has 2 heterocycles. The molecule has 1 N–H and O–H groups in total. The van der Waals surface area contributed by atoms with Gasteiger partial charge in [0.15, 0.2) is 0 Å². The van der Waals surface area contributed by atoms with Gasteiger partial charge in [-0.3, -0.25) is 4.79 Å². The van der Waals surface area contributed by atoms with Gasteiger partial charge in [0.1, 0.15) is 5.39 Å². The number of rotatable bonds is 3. The first-order chi connectivity index (χ1) is 10.8. The number of aromatic nitrogens is 2. The van der Waals surface area contributed by atoms with Crippen LogP contribution in [0.4, 0.5) is 13.2 Å². The zero-order valence-electron chi connectivity index (χ0n) is 12.2. The zero-order valence-corrected chi connectivity index (χ0v) is 12.2. The Morgan fingerprint density at radius 3 is 2.61 bits per heavy atom. The van der Waals surface area contributed by atoms with Crippen LogP contribution in [0.2, 0.25) is 0 Å². The fourth-order valence-corrected chi connectivity index (χ4v) is 3.14. The summed E-state index contributed by atoms with van der Waals surface area (Å²) in [6, 6.07) is 1.17. The number of alkyl halides is 3. The SMILES string of the molecule is O=c1cc(CCC2CCCC2)c2c(=O)[nH]c(C(F)(F)F)nc2o1. The third-order valence-electron chi connectivity index (χ3n) is 4.26. The van der Waals surface area contributed by atoms with Crippen molar-refractivity contribution >= 4 is 11.1 Å². The molecule has 1 fully saturated rings. The summed E-state index contributed by atoms with van der Waals surface area (Å²) >= 11 is 0. The molecule has 0 radical (unpaired) electrons. The van der Waals surface area contributed by atoms with Crippen LogP contribution in [0, 0.1) is 5.92 Å². The number of fused-ring (bicyclic) bond motifs is 1. The number of hydrogen-bond donors (Lipinski definition) is 1. The first-order valence-electron chi connectivity index (χ1n) is 7.49. The molecule has 0 saturated heterocycles. The maximum Gasteiger partial charge on any atom is 0.449 e. The average molecular weight is 328 g/mol. The van der Waals surface area contributed by atoms with Gasteiger partial charge < -0.3 is 9.40 Å². The van der Waals surface area contributed by atoms with E-state index in [-0.39, 0.29) is 5.39 Å². The van der Waals surface area contributed by atoms with Crippen LogP contribution in [0.25, 0.3) is 11.1 Å². The van der Waals surface area contributed by atoms with Crippen molar-refractivity contribution in [3.05, 3.63) is 38.2 Å². The Bertz CT molecular complexity index is 832. The topological polar surface area (TPSA) is 76.0 Å². The standard InChI is InChI=1S/C15H15F3N2O3/c16-15(17,18)14-19-12(22)11-9(6-5-8-3-1-2-4-8)7-10(21)23-13(11)20-14/h7-8H,1-6H2,(H,19,20,22). The van der Waals surface area contributed by atoms with Crippen molar-refractivity contribution in [1.29, 1.82) is 0 Å². The van der Waals surface area contributed by atoms with E-state index in [9.17, 15) is 22.8 Å². The Morgan fingerprint density at radius 1 is 1.26 bits per heavy atom. The van der Waals surface area contributed by atoms with Crippen LogP contribution in [0.15, 0.2) is 20.1 Å². The predicted molar refractivity (Wildman–Crippen MR) is 76.2 cm³/mol. The van der Waals surface area contributed by atoms with Crippen molar-refractivity contribution in [1.82, 2.24) is 9.97 Å². The number of aromatic amines is 1. The van der Waals surface area contributed by atoms with Gasteiger partial charge in [-0.05, 0) is 24.3 Å². The lowest BCUT2D eigenvalue weighted by Gasteiger charge is -2.10. The fraction of sp³-hybridized carbons (Fsp3) is 0.533. The van der Waals surface area contributed by atoms with Gasteiger partial charge in [0.05, 0.1) is 0 Å². The minimum Gasteiger partial charge on any atom is -0.403 e. The van der Waals surface area contributed by atoms with Gasteiger partial charge in [0.2, 0.25) is 11.5 Å². The monoisotopic (exact) mass is 328 g/mol. The van der Waals surface area contributed by atoms with Crippen LogP contribution in [-0.2, 0) is 12.6 Å². The number of aryl methyl sites for hydroxylation is 1. The molecule has 5 nitrogen and oxygen atoms in total. The summed E-state index contributed by atoms with van der Waals surface area (Å²) in [6.07, 6.45) is 0.963. The molecule has 0 amide bonds. The normalized spacial score (nSPS) is 16.3. The third kappa shape index (κ3) is 3.30. The molecular formula is C15H15F3N2O3. The molecule has 0 spiro atoms. The Hall–Kier alpha value is -2.12. The number of H-pyrrole nitrogens is 1. The molecule has 8 heteroatoms. The highest BCUT2D eigenvalue weighted by Crippen LogP contribution is 2.30. The molecule has 1 aliphatic carbocycles. The molecule has 1 aliphatic rings. The summed E-state index contributed by atoms with van der Waals surface area (Å²) in [7, 11) is 0. The van der Waals surface area contributed by atoms with E-state index >= 15 is 0 Å². The second-order valence-electron chi connectivity index (χ2n) is 5.87. The van der Waals surface area contributed by atoms with Crippen molar-refractivity contribution in [3.8, 4) is 0 Å². The van der Waals surface area contributed by atoms with Crippen LogP contribution >= 0.6 is 0 Å². The summed E-state index contributed by atoms with van der Waals surface area (Å²) in [6.45, 7) is 0. The summed E-state index contributed by atoms with van der Waals surface area (Å²) in [5.74, 6) is -0.940. The smallest absolute Gasteiger partial charge is 0.403 e. The Kier molecular flexibility index (Phi) is 3.99. The number of nitrogens with one attached hydrogen (secondary N) is 1. The quantitative estimate of drug-likeness (QED) is 0.940. The first-order valence-corrected chi connectivity index (χ1v) is 7.49. The van der Waals surface area contributed by atoms with Crippen LogP contribution in [0.5, 0.6) is 0 Å². The van der Waals surface area contributed by atoms with Crippen molar-refractivity contribution in [2.45, 2.75) is 44.7 Å². The first kappa shape index (κ1) is 15.8. The maximum atomic E-state index is 12.7. The highest BCUT2D eigenvalue weighted by molar-refractivity contribution is 5.75. The van der Waals surface area contributed by atoms with E-state index in [0.29, 0.717) is 17.9 Å². The highest BCUT2D eigenvalue weighted by atomic mass is 19.4. The molecule has 0 aromatic carbocycles. The van der Waals surface area contributed by atoms with E-state index in [1.54, 1.807) is 4.98 Å². The van der Waals surface area contributed by atoms with E-state index in [0.717, 1.165) is 19.3 Å². The molecule has 1 saturated carbocycles. The van der Waals surface area contributed by atoms with Gasteiger partial charge in [-0.2, -0.15) is 18.2 Å². The second kappa shape index (κ2) is 5.82. The Labute approximate surface area is 128 Å². The molecule has 2 aromatic rings. The lowest BCUT2D eigenvalue weighted by Crippen LogP contribution is -2.21. The van der Waals surface area contributed by atoms with Crippen molar-refractivity contribution in [3.63, 3.8) is 0 Å². The van der Waals surface area contributed by atoms with Crippen LogP contribution in [-0.4, -0.2) is 9.97 Å². The van der Waals surface area contributed by atoms with E-state index in [2.05, 4.69) is 4.98 Å². The molecule has 2 aromatic heterocycles. The lowest BCUT2D eigenvalue weighted by molar-refractivity contribution is -0.145. The van der Waals surface area contributed by atoms with Gasteiger partial charge in [0, 0.05) is 6.07 Å². The molecule has 0 unspecified atom stereocenters. The Balaban J connectivity index is 2.04. The van der Waals surface area contributed by atoms with Crippen molar-refractivity contribution in [2.75, 3.05) is 0 Å². The summed E-state index contributed by atoms with van der Waals surface area (Å²) in [5.41, 5.74) is -1.90. The summed E-state index contributed by atoms with van der Waals surface area (Å²) < 4.78 is 42.8. The van der Waals surface area contributed by atoms with Crippen LogP contribution in [0.3, 0.4) is 0 Å². The molecule has 23 heavy (non-hydrogen) atoms. The number of halogens is 3. The second-order valence-corrected chi connectivity index (χ2v) is 5.87. The predicted octanol–water partition coefficient (Wildman–Crippen LogP) is 3.02. The van der Waals surface area contributed by atoms with E-state index < -0.39 is 28.9 Å². The van der Waals surface area contributed by atoms with Crippen molar-refractivity contribution < 1.29 is 17.6 Å². The Morgan fingerprint density at radius 2 is 1.96 bits per heavy atom. The minimum atomic E-state index is -4.81. The zero-order chi connectivity index (χ0) is 16.6. The maximum absolute atomic E-state index is 12.7. The fourth-order valence-electron chi connectivity index (χ4n) is 3.14. The van der Waals surface area contributed by atoms with Gasteiger partial charge in [0.25, 0.3) is 5.56 Å². The summed E-state index contributed by atoms with van der Waals surface area (Å²) in [4.78, 5) is 28.6. The largest absolute Gasteiger partial charge is 0.449 e. The lowest BCUT2D eigenvalue weighted by atomic mass is 9.97. The average Bonchev–Trinajstić information content (AvgIpc) is 2.96. The van der Waals surface area contributed by atoms with Gasteiger partial charge in [-0.15, -0.1) is 0 Å². The third-order valence-corrected chi connectivity index (χ3v) is 4.26. The number of hydrogen-bond acceptors (Lipinski definition) is 4. The molecule has 124 valence electrons. The highest BCUT2D eigenvalue weighted by Gasteiger charge is 2.35. The van der Waals surface area contributed by atoms with Crippen LogP contribution < -0.4 is 11.2 Å². The van der Waals surface area contributed by atoms with E-state index in [4.69, 9.17) is 4.42 Å². The van der Waals surface area contributed by atoms with Gasteiger partial charge in [-0.1, -0.05) is 25.7 Å². The molecular weight excluding hydrogens is 313 g/mol.